The Kier molecular flexibility index (Phi) is 2.87. The van der Waals surface area contributed by atoms with E-state index in [2.05, 4.69) is 0 Å². The first-order valence-corrected chi connectivity index (χ1v) is 6.80. The Hall–Kier alpha value is -1.81. The van der Waals surface area contributed by atoms with Crippen LogP contribution in [-0.2, 0) is 13.5 Å². The first kappa shape index (κ1) is 13.2. The third-order valence-corrected chi connectivity index (χ3v) is 3.98. The number of fused-ring (bicyclic) bond motifs is 2. The number of benzene rings is 1. The molecule has 106 valence electrons. The van der Waals surface area contributed by atoms with Crippen LogP contribution in [-0.4, -0.2) is 23.9 Å². The average Bonchev–Trinajstić information content (AvgIpc) is 2.85. The molecule has 0 bridgehead atoms. The number of rotatable bonds is 2. The van der Waals surface area contributed by atoms with Crippen molar-refractivity contribution >= 4 is 10.9 Å². The second kappa shape index (κ2) is 4.35. The maximum absolute atomic E-state index is 10.2. The van der Waals surface area contributed by atoms with Gasteiger partial charge in [0.15, 0.2) is 0 Å². The summed E-state index contributed by atoms with van der Waals surface area (Å²) in [6.45, 7) is 3.55. The summed E-state index contributed by atoms with van der Waals surface area (Å²) in [5, 5.41) is 11.3. The maximum atomic E-state index is 10.2. The van der Waals surface area contributed by atoms with Crippen LogP contribution in [0.15, 0.2) is 24.3 Å². The van der Waals surface area contributed by atoms with Crippen LogP contribution >= 0.6 is 0 Å². The normalized spacial score (nSPS) is 17.9. The summed E-state index contributed by atoms with van der Waals surface area (Å²) in [7, 11) is 3.66. The van der Waals surface area contributed by atoms with Gasteiger partial charge in [-0.3, -0.25) is 0 Å². The van der Waals surface area contributed by atoms with Crippen LogP contribution in [0.4, 0.5) is 0 Å². The fourth-order valence-electron chi connectivity index (χ4n) is 2.85. The van der Waals surface area contributed by atoms with E-state index in [9.17, 15) is 5.11 Å². The molecule has 2 aromatic rings. The van der Waals surface area contributed by atoms with Crippen molar-refractivity contribution in [2.24, 2.45) is 7.05 Å². The average molecular weight is 274 g/mol. The number of aromatic nitrogens is 1. The quantitative estimate of drug-likeness (QED) is 0.848. The summed E-state index contributed by atoms with van der Waals surface area (Å²) in [6.07, 6.45) is 0.398. The fourth-order valence-corrected chi connectivity index (χ4v) is 2.85. The predicted molar refractivity (Wildman–Crippen MR) is 76.1 cm³/mol. The zero-order valence-corrected chi connectivity index (χ0v) is 12.3. The number of hydrogen-bond donors (Lipinski definition) is 1. The summed E-state index contributed by atoms with van der Waals surface area (Å²) in [4.78, 5) is 0. The van der Waals surface area contributed by atoms with Crippen molar-refractivity contribution in [1.29, 1.82) is 0 Å². The van der Waals surface area contributed by atoms with E-state index < -0.39 is 5.60 Å². The SMILES string of the molecule is COc1c2c([n+](C)c3ccccc13)O[C@@H](C(C)(C)O)C2. The van der Waals surface area contributed by atoms with Gasteiger partial charge in [-0.15, -0.1) is 0 Å². The molecule has 1 aliphatic rings. The summed E-state index contributed by atoms with van der Waals surface area (Å²) in [5.74, 6) is 1.63. The summed E-state index contributed by atoms with van der Waals surface area (Å²) < 4.78 is 13.6. The highest BCUT2D eigenvalue weighted by Gasteiger charge is 2.42. The highest BCUT2D eigenvalue weighted by atomic mass is 16.5. The Labute approximate surface area is 118 Å². The van der Waals surface area contributed by atoms with Gasteiger partial charge in [-0.05, 0) is 19.9 Å². The lowest BCUT2D eigenvalue weighted by Gasteiger charge is -2.23. The third kappa shape index (κ3) is 1.83. The van der Waals surface area contributed by atoms with Gasteiger partial charge in [0.05, 0.1) is 18.1 Å². The van der Waals surface area contributed by atoms with Crippen LogP contribution in [0.5, 0.6) is 11.6 Å². The van der Waals surface area contributed by atoms with Gasteiger partial charge in [-0.1, -0.05) is 12.1 Å². The van der Waals surface area contributed by atoms with Gasteiger partial charge < -0.3 is 14.6 Å². The minimum absolute atomic E-state index is 0.255. The van der Waals surface area contributed by atoms with Crippen molar-refractivity contribution in [3.05, 3.63) is 29.8 Å². The molecule has 1 atom stereocenters. The second-order valence-corrected chi connectivity index (χ2v) is 5.86. The van der Waals surface area contributed by atoms with Crippen molar-refractivity contribution in [3.63, 3.8) is 0 Å². The maximum Gasteiger partial charge on any atom is 0.375 e. The number of methoxy groups -OCH3 is 1. The number of nitrogens with zero attached hydrogens (tertiary/aromatic N) is 1. The van der Waals surface area contributed by atoms with Crippen LogP contribution in [0.1, 0.15) is 19.4 Å². The van der Waals surface area contributed by atoms with Crippen molar-refractivity contribution in [2.45, 2.75) is 32.0 Å². The Morgan fingerprint density at radius 3 is 2.70 bits per heavy atom. The van der Waals surface area contributed by atoms with Gasteiger partial charge in [0.25, 0.3) is 0 Å². The number of para-hydroxylation sites is 1. The van der Waals surface area contributed by atoms with Crippen molar-refractivity contribution < 1.29 is 19.1 Å². The van der Waals surface area contributed by atoms with Gasteiger partial charge in [-0.2, -0.15) is 4.57 Å². The van der Waals surface area contributed by atoms with E-state index in [1.54, 1.807) is 21.0 Å². The lowest BCUT2D eigenvalue weighted by molar-refractivity contribution is -0.651. The first-order chi connectivity index (χ1) is 9.43. The topological polar surface area (TPSA) is 42.6 Å². The Morgan fingerprint density at radius 2 is 2.05 bits per heavy atom. The molecule has 0 unspecified atom stereocenters. The molecule has 0 saturated carbocycles. The van der Waals surface area contributed by atoms with E-state index >= 15 is 0 Å². The molecule has 1 aliphatic heterocycles. The number of ether oxygens (including phenoxy) is 2. The number of aliphatic hydroxyl groups is 1. The van der Waals surface area contributed by atoms with E-state index in [1.807, 2.05) is 35.9 Å². The van der Waals surface area contributed by atoms with Gasteiger partial charge in [0.2, 0.25) is 5.52 Å². The lowest BCUT2D eigenvalue weighted by atomic mass is 9.96. The number of aryl methyl sites for hydroxylation is 1. The molecular formula is C16H20NO3+. The molecule has 1 N–H and O–H groups in total. The standard InChI is InChI=1S/C16H20NO3/c1-16(2,18)13-9-11-14(19-4)10-7-5-6-8-12(10)17(3)15(11)20-13/h5-8,13,18H,9H2,1-4H3/q+1/t13-/m1/s1. The number of pyridine rings is 1. The molecule has 3 rings (SSSR count). The minimum atomic E-state index is -0.886. The predicted octanol–water partition coefficient (Wildman–Crippen LogP) is 1.75. The summed E-state index contributed by atoms with van der Waals surface area (Å²) >= 11 is 0. The van der Waals surface area contributed by atoms with Crippen molar-refractivity contribution in [2.75, 3.05) is 7.11 Å². The van der Waals surface area contributed by atoms with E-state index in [-0.39, 0.29) is 6.10 Å². The molecule has 4 heteroatoms. The molecule has 0 spiro atoms. The molecule has 1 aromatic heterocycles. The van der Waals surface area contributed by atoms with E-state index in [0.29, 0.717) is 6.42 Å². The Morgan fingerprint density at radius 1 is 1.35 bits per heavy atom. The molecule has 0 saturated heterocycles. The van der Waals surface area contributed by atoms with Crippen molar-refractivity contribution in [3.8, 4) is 11.6 Å². The molecule has 0 amide bonds. The third-order valence-electron chi connectivity index (χ3n) is 3.98. The summed E-state index contributed by atoms with van der Waals surface area (Å²) in [6, 6.07) is 8.09. The minimum Gasteiger partial charge on any atom is -0.495 e. The zero-order chi connectivity index (χ0) is 14.5. The highest BCUT2D eigenvalue weighted by Crippen LogP contribution is 2.40. The van der Waals surface area contributed by atoms with Crippen LogP contribution in [0.3, 0.4) is 0 Å². The Balaban J connectivity index is 2.25. The molecule has 0 fully saturated rings. The molecule has 0 radical (unpaired) electrons. The smallest absolute Gasteiger partial charge is 0.375 e. The largest absolute Gasteiger partial charge is 0.495 e. The Bertz CT molecular complexity index is 673. The van der Waals surface area contributed by atoms with E-state index in [1.165, 1.54) is 0 Å². The molecule has 20 heavy (non-hydrogen) atoms. The van der Waals surface area contributed by atoms with Crippen LogP contribution in [0.25, 0.3) is 10.9 Å². The lowest BCUT2D eigenvalue weighted by Crippen LogP contribution is -2.41. The fraction of sp³-hybridized carbons (Fsp3) is 0.438. The molecule has 2 heterocycles. The summed E-state index contributed by atoms with van der Waals surface area (Å²) in [5.41, 5.74) is 1.20. The van der Waals surface area contributed by atoms with Gasteiger partial charge in [-0.25, -0.2) is 0 Å². The first-order valence-electron chi connectivity index (χ1n) is 6.80. The molecular weight excluding hydrogens is 254 g/mol. The van der Waals surface area contributed by atoms with Gasteiger partial charge in [0.1, 0.15) is 24.5 Å². The van der Waals surface area contributed by atoms with Crippen molar-refractivity contribution in [1.82, 2.24) is 0 Å². The highest BCUT2D eigenvalue weighted by molar-refractivity contribution is 5.84. The zero-order valence-electron chi connectivity index (χ0n) is 12.3. The van der Waals surface area contributed by atoms with E-state index in [0.717, 1.165) is 28.1 Å². The monoisotopic (exact) mass is 274 g/mol. The van der Waals surface area contributed by atoms with Crippen LogP contribution in [0, 0.1) is 0 Å². The van der Waals surface area contributed by atoms with E-state index in [4.69, 9.17) is 9.47 Å². The second-order valence-electron chi connectivity index (χ2n) is 5.86. The van der Waals surface area contributed by atoms with Crippen LogP contribution in [0.2, 0.25) is 0 Å². The molecule has 0 aliphatic carbocycles. The molecule has 4 nitrogen and oxygen atoms in total. The number of hydrogen-bond acceptors (Lipinski definition) is 3. The van der Waals surface area contributed by atoms with Gasteiger partial charge in [0, 0.05) is 12.5 Å². The van der Waals surface area contributed by atoms with Gasteiger partial charge >= 0.3 is 5.88 Å². The molecule has 1 aromatic carbocycles. The van der Waals surface area contributed by atoms with Crippen LogP contribution < -0.4 is 14.0 Å².